The fraction of sp³-hybridized carbons (Fsp3) is 0.429. The summed E-state index contributed by atoms with van der Waals surface area (Å²) in [6.07, 6.45) is 0.548. The summed E-state index contributed by atoms with van der Waals surface area (Å²) in [6, 6.07) is 3.60. The molecular weight excluding hydrogens is 260 g/mol. The van der Waals surface area contributed by atoms with E-state index >= 15 is 0 Å². The topological polar surface area (TPSA) is 102 Å². The molecule has 6 heteroatoms. The lowest BCUT2D eigenvalue weighted by molar-refractivity contribution is -0.117. The van der Waals surface area contributed by atoms with E-state index in [9.17, 15) is 9.59 Å². The summed E-state index contributed by atoms with van der Waals surface area (Å²) in [6.45, 7) is 3.94. The van der Waals surface area contributed by atoms with E-state index in [0.717, 1.165) is 0 Å². The molecule has 1 amide bonds. The molecule has 0 heterocycles. The molecule has 0 radical (unpaired) electrons. The molecule has 1 atom stereocenters. The molecule has 4 N–H and O–H groups in total. The Morgan fingerprint density at radius 2 is 2.05 bits per heavy atom. The van der Waals surface area contributed by atoms with Crippen LogP contribution in [0.3, 0.4) is 0 Å². The van der Waals surface area contributed by atoms with Gasteiger partial charge in [0.1, 0.15) is 5.75 Å². The Balaban J connectivity index is 2.92. The lowest BCUT2D eigenvalue weighted by atomic mass is 10.0. The minimum Gasteiger partial charge on any atom is -0.495 e. The normalized spacial score (nSPS) is 12.1. The highest BCUT2D eigenvalue weighted by molar-refractivity contribution is 5.98. The maximum atomic E-state index is 12.0. The van der Waals surface area contributed by atoms with E-state index in [1.165, 1.54) is 25.3 Å². The van der Waals surface area contributed by atoms with Crippen LogP contribution in [0.1, 0.15) is 30.6 Å². The Morgan fingerprint density at radius 1 is 1.40 bits per heavy atom. The van der Waals surface area contributed by atoms with Crippen molar-refractivity contribution in [1.29, 1.82) is 0 Å². The number of nitrogens with one attached hydrogen (secondary N) is 1. The molecular formula is C14H20N2O4. The average molecular weight is 280 g/mol. The second kappa shape index (κ2) is 6.91. The van der Waals surface area contributed by atoms with Gasteiger partial charge in [-0.2, -0.15) is 0 Å². The minimum atomic E-state index is -1.07. The number of carbonyl (C=O) groups excluding carboxylic acids is 1. The van der Waals surface area contributed by atoms with Crippen LogP contribution in [0.2, 0.25) is 0 Å². The van der Waals surface area contributed by atoms with Crippen molar-refractivity contribution in [1.82, 2.24) is 0 Å². The summed E-state index contributed by atoms with van der Waals surface area (Å²) in [7, 11) is 1.44. The zero-order valence-electron chi connectivity index (χ0n) is 11.8. The third-order valence-electron chi connectivity index (χ3n) is 2.77. The molecule has 6 nitrogen and oxygen atoms in total. The lowest BCUT2D eigenvalue weighted by Gasteiger charge is -2.16. The highest BCUT2D eigenvalue weighted by atomic mass is 16.5. The second-order valence-electron chi connectivity index (χ2n) is 4.95. The number of aromatic carboxylic acids is 1. The molecule has 0 spiro atoms. The van der Waals surface area contributed by atoms with Crippen molar-refractivity contribution in [2.24, 2.45) is 11.7 Å². The van der Waals surface area contributed by atoms with Crippen LogP contribution in [-0.4, -0.2) is 30.1 Å². The smallest absolute Gasteiger partial charge is 0.335 e. The Morgan fingerprint density at radius 3 is 2.55 bits per heavy atom. The second-order valence-corrected chi connectivity index (χ2v) is 4.95. The van der Waals surface area contributed by atoms with Crippen molar-refractivity contribution in [3.63, 3.8) is 0 Å². The standard InChI is InChI=1S/C14H20N2O4/c1-8(2)6-10(15)13(17)16-11-7-9(14(18)19)4-5-12(11)20-3/h4-5,7-8,10H,6,15H2,1-3H3,(H,16,17)(H,18,19)/t10-/m1/s1. The maximum absolute atomic E-state index is 12.0. The zero-order valence-corrected chi connectivity index (χ0v) is 11.8. The van der Waals surface area contributed by atoms with Gasteiger partial charge in [-0.05, 0) is 30.5 Å². The van der Waals surface area contributed by atoms with Crippen LogP contribution in [0.4, 0.5) is 5.69 Å². The van der Waals surface area contributed by atoms with Crippen molar-refractivity contribution in [3.05, 3.63) is 23.8 Å². The molecule has 0 fully saturated rings. The van der Waals surface area contributed by atoms with Gasteiger partial charge in [0, 0.05) is 0 Å². The number of methoxy groups -OCH3 is 1. The van der Waals surface area contributed by atoms with E-state index in [4.69, 9.17) is 15.6 Å². The van der Waals surface area contributed by atoms with Crippen molar-refractivity contribution in [3.8, 4) is 5.75 Å². The van der Waals surface area contributed by atoms with E-state index in [2.05, 4.69) is 5.32 Å². The van der Waals surface area contributed by atoms with Crippen LogP contribution in [0, 0.1) is 5.92 Å². The number of nitrogens with two attached hydrogens (primary N) is 1. The molecule has 1 aromatic carbocycles. The van der Waals surface area contributed by atoms with Crippen LogP contribution in [0.25, 0.3) is 0 Å². The van der Waals surface area contributed by atoms with E-state index in [-0.39, 0.29) is 11.5 Å². The van der Waals surface area contributed by atoms with Crippen LogP contribution >= 0.6 is 0 Å². The number of hydrogen-bond donors (Lipinski definition) is 3. The largest absolute Gasteiger partial charge is 0.495 e. The number of rotatable bonds is 6. The van der Waals surface area contributed by atoms with Crippen molar-refractivity contribution in [2.45, 2.75) is 26.3 Å². The van der Waals surface area contributed by atoms with Gasteiger partial charge in [-0.25, -0.2) is 4.79 Å². The Labute approximate surface area is 117 Å². The van der Waals surface area contributed by atoms with Gasteiger partial charge in [0.2, 0.25) is 5.91 Å². The summed E-state index contributed by atoms with van der Waals surface area (Å²) in [5.74, 6) is -0.753. The SMILES string of the molecule is COc1ccc(C(=O)O)cc1NC(=O)[C@H](N)CC(C)C. The number of carboxylic acids is 1. The third kappa shape index (κ3) is 4.24. The number of benzene rings is 1. The van der Waals surface area contributed by atoms with E-state index < -0.39 is 12.0 Å². The number of carboxylic acid groups (broad SMARTS) is 1. The summed E-state index contributed by atoms with van der Waals surface area (Å²) in [5, 5.41) is 11.6. The quantitative estimate of drug-likeness (QED) is 0.736. The van der Waals surface area contributed by atoms with Crippen LogP contribution < -0.4 is 15.8 Å². The molecule has 20 heavy (non-hydrogen) atoms. The Kier molecular flexibility index (Phi) is 5.52. The fourth-order valence-electron chi connectivity index (χ4n) is 1.78. The van der Waals surface area contributed by atoms with Gasteiger partial charge >= 0.3 is 5.97 Å². The van der Waals surface area contributed by atoms with Gasteiger partial charge in [0.05, 0.1) is 24.4 Å². The molecule has 0 aromatic heterocycles. The minimum absolute atomic E-state index is 0.0681. The monoisotopic (exact) mass is 280 g/mol. The molecule has 0 unspecified atom stereocenters. The van der Waals surface area contributed by atoms with Gasteiger partial charge in [0.25, 0.3) is 0 Å². The summed E-state index contributed by atoms with van der Waals surface area (Å²) >= 11 is 0. The van der Waals surface area contributed by atoms with Crippen LogP contribution in [0.5, 0.6) is 5.75 Å². The molecule has 0 bridgehead atoms. The van der Waals surface area contributed by atoms with Gasteiger partial charge in [-0.1, -0.05) is 13.8 Å². The Bertz CT molecular complexity index is 500. The summed E-state index contributed by atoms with van der Waals surface area (Å²) < 4.78 is 5.09. The Hall–Kier alpha value is -2.08. The van der Waals surface area contributed by atoms with E-state index in [0.29, 0.717) is 23.8 Å². The van der Waals surface area contributed by atoms with E-state index in [1.54, 1.807) is 0 Å². The molecule has 0 saturated heterocycles. The summed E-state index contributed by atoms with van der Waals surface area (Å²) in [5.41, 5.74) is 6.16. The van der Waals surface area contributed by atoms with Gasteiger partial charge in [0.15, 0.2) is 0 Å². The predicted molar refractivity (Wildman–Crippen MR) is 76.0 cm³/mol. The number of ether oxygens (including phenoxy) is 1. The molecule has 1 rings (SSSR count). The molecule has 1 aromatic rings. The first-order valence-corrected chi connectivity index (χ1v) is 6.33. The van der Waals surface area contributed by atoms with E-state index in [1.807, 2.05) is 13.8 Å². The van der Waals surface area contributed by atoms with Gasteiger partial charge in [-0.3, -0.25) is 4.79 Å². The fourth-order valence-corrected chi connectivity index (χ4v) is 1.78. The lowest BCUT2D eigenvalue weighted by Crippen LogP contribution is -2.36. The number of amides is 1. The molecule has 0 aliphatic heterocycles. The summed E-state index contributed by atoms with van der Waals surface area (Å²) in [4.78, 5) is 22.9. The van der Waals surface area contributed by atoms with Crippen molar-refractivity contribution < 1.29 is 19.4 Å². The number of anilines is 1. The highest BCUT2D eigenvalue weighted by Gasteiger charge is 2.17. The third-order valence-corrected chi connectivity index (χ3v) is 2.77. The van der Waals surface area contributed by atoms with Gasteiger partial charge in [-0.15, -0.1) is 0 Å². The number of hydrogen-bond acceptors (Lipinski definition) is 4. The average Bonchev–Trinajstić information content (AvgIpc) is 2.37. The van der Waals surface area contributed by atoms with Crippen LogP contribution in [0.15, 0.2) is 18.2 Å². The molecule has 110 valence electrons. The number of carbonyl (C=O) groups is 2. The molecule has 0 saturated carbocycles. The first-order valence-electron chi connectivity index (χ1n) is 6.33. The molecule has 0 aliphatic rings. The molecule has 0 aliphatic carbocycles. The maximum Gasteiger partial charge on any atom is 0.335 e. The van der Waals surface area contributed by atoms with Crippen molar-refractivity contribution in [2.75, 3.05) is 12.4 Å². The first-order chi connectivity index (χ1) is 9.35. The highest BCUT2D eigenvalue weighted by Crippen LogP contribution is 2.25. The zero-order chi connectivity index (χ0) is 15.3. The first kappa shape index (κ1) is 16.0. The predicted octanol–water partition coefficient (Wildman–Crippen LogP) is 1.71. The van der Waals surface area contributed by atoms with Gasteiger partial charge < -0.3 is 20.9 Å². The van der Waals surface area contributed by atoms with Crippen molar-refractivity contribution >= 4 is 17.6 Å². The van der Waals surface area contributed by atoms with Crippen LogP contribution in [-0.2, 0) is 4.79 Å².